The largest absolute Gasteiger partial charge is 0.352 e. The quantitative estimate of drug-likeness (QED) is 0.861. The summed E-state index contributed by atoms with van der Waals surface area (Å²) in [6.07, 6.45) is 2.10. The number of carbonyl (C=O) groups is 1. The molecule has 7 heteroatoms. The number of amides is 1. The number of carbonyl (C=O) groups excluding carboxylic acids is 1. The second-order valence-electron chi connectivity index (χ2n) is 5.66. The van der Waals surface area contributed by atoms with Gasteiger partial charge in [-0.3, -0.25) is 18.7 Å². The maximum Gasteiger partial charge on any atom is 0.331 e. The van der Waals surface area contributed by atoms with Crippen molar-refractivity contribution in [2.45, 2.75) is 39.4 Å². The van der Waals surface area contributed by atoms with Crippen molar-refractivity contribution in [2.24, 2.45) is 0 Å². The molecule has 1 aromatic heterocycles. The van der Waals surface area contributed by atoms with E-state index in [4.69, 9.17) is 0 Å². The highest BCUT2D eigenvalue weighted by molar-refractivity contribution is 5.75. The van der Waals surface area contributed by atoms with E-state index in [-0.39, 0.29) is 19.1 Å². The second kappa shape index (κ2) is 7.72. The molecule has 0 aliphatic carbocycles. The van der Waals surface area contributed by atoms with E-state index < -0.39 is 23.0 Å². The molecule has 128 valence electrons. The lowest BCUT2D eigenvalue weighted by Gasteiger charge is -2.13. The molecular formula is C17H20FN3O3. The molecule has 0 fully saturated rings. The van der Waals surface area contributed by atoms with Gasteiger partial charge in [0.15, 0.2) is 0 Å². The maximum atomic E-state index is 13.2. The average Bonchev–Trinajstić information content (AvgIpc) is 2.54. The van der Waals surface area contributed by atoms with Gasteiger partial charge in [0, 0.05) is 18.3 Å². The summed E-state index contributed by atoms with van der Waals surface area (Å²) < 4.78 is 15.4. The summed E-state index contributed by atoms with van der Waals surface area (Å²) in [5.41, 5.74) is -0.563. The van der Waals surface area contributed by atoms with Crippen molar-refractivity contribution in [1.82, 2.24) is 14.5 Å². The predicted molar refractivity (Wildman–Crippen MR) is 88.4 cm³/mol. The van der Waals surface area contributed by atoms with Crippen molar-refractivity contribution < 1.29 is 9.18 Å². The van der Waals surface area contributed by atoms with Gasteiger partial charge in [-0.15, -0.1) is 0 Å². The minimum Gasteiger partial charge on any atom is -0.352 e. The minimum absolute atomic E-state index is 0.0357. The average molecular weight is 333 g/mol. The first-order valence-corrected chi connectivity index (χ1v) is 7.74. The van der Waals surface area contributed by atoms with Crippen molar-refractivity contribution in [3.8, 4) is 0 Å². The molecule has 0 aliphatic rings. The van der Waals surface area contributed by atoms with Gasteiger partial charge in [-0.25, -0.2) is 9.18 Å². The summed E-state index contributed by atoms with van der Waals surface area (Å²) in [6.45, 7) is 3.54. The van der Waals surface area contributed by atoms with Crippen LogP contribution in [0.15, 0.2) is 46.1 Å². The predicted octanol–water partition coefficient (Wildman–Crippen LogP) is 1.11. The molecule has 1 atom stereocenters. The summed E-state index contributed by atoms with van der Waals surface area (Å²) in [5, 5.41) is 2.71. The van der Waals surface area contributed by atoms with Crippen LogP contribution in [-0.2, 0) is 17.9 Å². The van der Waals surface area contributed by atoms with Gasteiger partial charge in [0.2, 0.25) is 5.91 Å². The van der Waals surface area contributed by atoms with E-state index in [1.54, 1.807) is 12.1 Å². The van der Waals surface area contributed by atoms with Crippen LogP contribution in [0.3, 0.4) is 0 Å². The van der Waals surface area contributed by atoms with E-state index in [1.165, 1.54) is 29.0 Å². The van der Waals surface area contributed by atoms with Crippen LogP contribution in [0.2, 0.25) is 0 Å². The van der Waals surface area contributed by atoms with E-state index in [1.807, 2.05) is 13.8 Å². The van der Waals surface area contributed by atoms with Crippen molar-refractivity contribution in [2.75, 3.05) is 0 Å². The molecule has 0 unspecified atom stereocenters. The first kappa shape index (κ1) is 17.7. The van der Waals surface area contributed by atoms with Crippen LogP contribution in [0, 0.1) is 5.82 Å². The van der Waals surface area contributed by atoms with E-state index in [2.05, 4.69) is 5.32 Å². The normalized spacial score (nSPS) is 12.0. The molecular weight excluding hydrogens is 313 g/mol. The molecule has 1 amide bonds. The Bertz CT molecular complexity index is 841. The molecule has 1 heterocycles. The van der Waals surface area contributed by atoms with Crippen LogP contribution < -0.4 is 16.6 Å². The molecule has 0 saturated heterocycles. The maximum absolute atomic E-state index is 13.2. The molecule has 2 rings (SSSR count). The highest BCUT2D eigenvalue weighted by atomic mass is 19.1. The van der Waals surface area contributed by atoms with Gasteiger partial charge in [0.1, 0.15) is 12.4 Å². The van der Waals surface area contributed by atoms with Crippen molar-refractivity contribution >= 4 is 5.91 Å². The third kappa shape index (κ3) is 4.41. The third-order valence-electron chi connectivity index (χ3n) is 3.70. The molecule has 0 aliphatic heterocycles. The topological polar surface area (TPSA) is 73.1 Å². The Morgan fingerprint density at radius 1 is 1.29 bits per heavy atom. The molecule has 0 saturated carbocycles. The SMILES string of the molecule is CC[C@@H](C)NC(=O)Cn1c(=O)ccn(Cc2cccc(F)c2)c1=O. The lowest BCUT2D eigenvalue weighted by Crippen LogP contribution is -2.44. The van der Waals surface area contributed by atoms with Gasteiger partial charge >= 0.3 is 5.69 Å². The zero-order valence-electron chi connectivity index (χ0n) is 13.7. The van der Waals surface area contributed by atoms with Crippen molar-refractivity contribution in [1.29, 1.82) is 0 Å². The minimum atomic E-state index is -0.605. The number of halogens is 1. The Kier molecular flexibility index (Phi) is 5.68. The molecule has 0 bridgehead atoms. The van der Waals surface area contributed by atoms with E-state index in [0.29, 0.717) is 5.56 Å². The number of hydrogen-bond acceptors (Lipinski definition) is 3. The van der Waals surface area contributed by atoms with Gasteiger partial charge < -0.3 is 5.32 Å². The number of hydrogen-bond donors (Lipinski definition) is 1. The Hall–Kier alpha value is -2.70. The number of nitrogens with one attached hydrogen (secondary N) is 1. The molecule has 2 aromatic rings. The number of benzene rings is 1. The summed E-state index contributed by atoms with van der Waals surface area (Å²) >= 11 is 0. The van der Waals surface area contributed by atoms with Crippen LogP contribution in [0.5, 0.6) is 0 Å². The second-order valence-corrected chi connectivity index (χ2v) is 5.66. The zero-order chi connectivity index (χ0) is 17.7. The van der Waals surface area contributed by atoms with Gasteiger partial charge in [0.05, 0.1) is 6.54 Å². The van der Waals surface area contributed by atoms with Crippen LogP contribution in [0.1, 0.15) is 25.8 Å². The summed E-state index contributed by atoms with van der Waals surface area (Å²) in [4.78, 5) is 36.3. The smallest absolute Gasteiger partial charge is 0.331 e. The molecule has 1 aromatic carbocycles. The van der Waals surface area contributed by atoms with Crippen LogP contribution in [-0.4, -0.2) is 21.1 Å². The Labute approximate surface area is 138 Å². The highest BCUT2D eigenvalue weighted by Gasteiger charge is 2.12. The lowest BCUT2D eigenvalue weighted by molar-refractivity contribution is -0.122. The highest BCUT2D eigenvalue weighted by Crippen LogP contribution is 2.04. The Morgan fingerprint density at radius 3 is 2.71 bits per heavy atom. The molecule has 0 spiro atoms. The number of nitrogens with zero attached hydrogens (tertiary/aromatic N) is 2. The van der Waals surface area contributed by atoms with E-state index >= 15 is 0 Å². The fourth-order valence-corrected chi connectivity index (χ4v) is 2.22. The van der Waals surface area contributed by atoms with E-state index in [0.717, 1.165) is 11.0 Å². The van der Waals surface area contributed by atoms with Crippen LogP contribution in [0.25, 0.3) is 0 Å². The first-order valence-electron chi connectivity index (χ1n) is 7.74. The van der Waals surface area contributed by atoms with Crippen molar-refractivity contribution in [3.05, 3.63) is 68.7 Å². The third-order valence-corrected chi connectivity index (χ3v) is 3.70. The fourth-order valence-electron chi connectivity index (χ4n) is 2.22. The summed E-state index contributed by atoms with van der Waals surface area (Å²) in [7, 11) is 0. The molecule has 0 radical (unpaired) electrons. The first-order chi connectivity index (χ1) is 11.4. The van der Waals surface area contributed by atoms with Crippen LogP contribution in [0.4, 0.5) is 4.39 Å². The van der Waals surface area contributed by atoms with Gasteiger partial charge in [0.25, 0.3) is 5.56 Å². The molecule has 24 heavy (non-hydrogen) atoms. The summed E-state index contributed by atoms with van der Waals surface area (Å²) in [6, 6.07) is 7.04. The van der Waals surface area contributed by atoms with Gasteiger partial charge in [-0.05, 0) is 31.0 Å². The monoisotopic (exact) mass is 333 g/mol. The standard InChI is InChI=1S/C17H20FN3O3/c1-3-12(2)19-15(22)11-21-16(23)7-8-20(17(21)24)10-13-5-4-6-14(18)9-13/h4-9,12H,3,10-11H2,1-2H3,(H,19,22)/t12-/m1/s1. The van der Waals surface area contributed by atoms with Gasteiger partial charge in [-0.2, -0.15) is 0 Å². The summed E-state index contributed by atoms with van der Waals surface area (Å²) in [5.74, 6) is -0.797. The zero-order valence-corrected chi connectivity index (χ0v) is 13.7. The number of rotatable bonds is 6. The Balaban J connectivity index is 2.25. The van der Waals surface area contributed by atoms with Gasteiger partial charge in [-0.1, -0.05) is 19.1 Å². The number of aromatic nitrogens is 2. The lowest BCUT2D eigenvalue weighted by atomic mass is 10.2. The molecule has 6 nitrogen and oxygen atoms in total. The van der Waals surface area contributed by atoms with Crippen molar-refractivity contribution in [3.63, 3.8) is 0 Å². The molecule has 1 N–H and O–H groups in total. The fraction of sp³-hybridized carbons (Fsp3) is 0.353. The Morgan fingerprint density at radius 2 is 2.04 bits per heavy atom. The van der Waals surface area contributed by atoms with E-state index in [9.17, 15) is 18.8 Å². The van der Waals surface area contributed by atoms with Crippen LogP contribution >= 0.6 is 0 Å².